The van der Waals surface area contributed by atoms with Crippen molar-refractivity contribution in [1.82, 2.24) is 5.32 Å². The third-order valence-electron chi connectivity index (χ3n) is 1.95. The van der Waals surface area contributed by atoms with Crippen LogP contribution in [0.3, 0.4) is 0 Å². The largest absolute Gasteiger partial charge is 0.299 e. The van der Waals surface area contributed by atoms with Crippen molar-refractivity contribution in [2.75, 3.05) is 0 Å². The molecule has 1 N–H and O–H groups in total. The Morgan fingerprint density at radius 1 is 1.00 bits per heavy atom. The molecule has 0 aromatic carbocycles. The predicted octanol–water partition coefficient (Wildman–Crippen LogP) is 1.58. The summed E-state index contributed by atoms with van der Waals surface area (Å²) in [6.07, 6.45) is 4.18. The normalized spacial score (nSPS) is 9.73. The average Bonchev–Trinajstić information content (AvgIpc) is 2.10. The predicted molar refractivity (Wildman–Crippen MR) is 57.2 cm³/mol. The molecule has 0 rings (SSSR count). The number of Topliss-reactive ketones (excluding diaryl/α,β-unsaturated/α-hetero) is 1. The molecule has 0 atom stereocenters. The van der Waals surface area contributed by atoms with Gasteiger partial charge in [-0.2, -0.15) is 0 Å². The van der Waals surface area contributed by atoms with Crippen LogP contribution in [0.2, 0.25) is 0 Å². The molecule has 0 heterocycles. The van der Waals surface area contributed by atoms with E-state index in [0.29, 0.717) is 6.42 Å². The summed E-state index contributed by atoms with van der Waals surface area (Å²) < 4.78 is 0. The van der Waals surface area contributed by atoms with Crippen molar-refractivity contribution in [1.29, 1.82) is 0 Å². The Morgan fingerprint density at radius 3 is 2.20 bits per heavy atom. The number of carbonyl (C=O) groups excluding carboxylic acids is 3. The molecule has 0 aliphatic heterocycles. The summed E-state index contributed by atoms with van der Waals surface area (Å²) in [5, 5.41) is 2.19. The van der Waals surface area contributed by atoms with Gasteiger partial charge in [0.1, 0.15) is 5.78 Å². The van der Waals surface area contributed by atoms with Crippen molar-refractivity contribution in [2.45, 2.75) is 52.4 Å². The molecule has 4 nitrogen and oxygen atoms in total. The zero-order chi connectivity index (χ0) is 11.7. The van der Waals surface area contributed by atoms with Gasteiger partial charge in [0.15, 0.2) is 0 Å². The third-order valence-corrected chi connectivity index (χ3v) is 1.95. The van der Waals surface area contributed by atoms with Crippen molar-refractivity contribution >= 4 is 17.6 Å². The van der Waals surface area contributed by atoms with Crippen LogP contribution >= 0.6 is 0 Å². The van der Waals surface area contributed by atoms with E-state index < -0.39 is 5.91 Å². The second-order valence-electron chi connectivity index (χ2n) is 3.66. The first kappa shape index (κ1) is 13.8. The lowest BCUT2D eigenvalue weighted by Gasteiger charge is -2.02. The summed E-state index contributed by atoms with van der Waals surface area (Å²) in [4.78, 5) is 32.7. The van der Waals surface area contributed by atoms with Gasteiger partial charge >= 0.3 is 0 Å². The van der Waals surface area contributed by atoms with E-state index >= 15 is 0 Å². The van der Waals surface area contributed by atoms with Gasteiger partial charge in [-0.15, -0.1) is 0 Å². The van der Waals surface area contributed by atoms with Gasteiger partial charge in [-0.1, -0.05) is 26.2 Å². The number of unbranched alkanes of at least 4 members (excludes halogenated alkanes) is 3. The topological polar surface area (TPSA) is 63.2 Å². The highest BCUT2D eigenvalue weighted by Crippen LogP contribution is 2.01. The molecular formula is C11H19NO3. The zero-order valence-electron chi connectivity index (χ0n) is 9.47. The van der Waals surface area contributed by atoms with Gasteiger partial charge in [-0.3, -0.25) is 19.7 Å². The maximum absolute atomic E-state index is 11.2. The van der Waals surface area contributed by atoms with Crippen LogP contribution in [-0.2, 0) is 14.4 Å². The molecule has 0 saturated carbocycles. The number of rotatable bonds is 7. The summed E-state index contributed by atoms with van der Waals surface area (Å²) >= 11 is 0. The Kier molecular flexibility index (Phi) is 7.50. The molecule has 86 valence electrons. The SMILES string of the molecule is CCCCCCC(=O)NC(=O)CC(C)=O. The van der Waals surface area contributed by atoms with Crippen LogP contribution in [0.5, 0.6) is 0 Å². The van der Waals surface area contributed by atoms with Gasteiger partial charge in [0.05, 0.1) is 6.42 Å². The van der Waals surface area contributed by atoms with Crippen molar-refractivity contribution in [3.05, 3.63) is 0 Å². The molecule has 0 saturated heterocycles. The maximum atomic E-state index is 11.2. The summed E-state index contributed by atoms with van der Waals surface area (Å²) in [6, 6.07) is 0. The highest BCUT2D eigenvalue weighted by Gasteiger charge is 2.08. The number of carbonyl (C=O) groups is 3. The molecule has 2 amide bonds. The number of imide groups is 1. The van der Waals surface area contributed by atoms with E-state index in [4.69, 9.17) is 0 Å². The standard InChI is InChI=1S/C11H19NO3/c1-3-4-5-6-7-10(14)12-11(15)8-9(2)13/h3-8H2,1-2H3,(H,12,14,15). The quantitative estimate of drug-likeness (QED) is 0.516. The van der Waals surface area contributed by atoms with Gasteiger partial charge in [-0.05, 0) is 13.3 Å². The van der Waals surface area contributed by atoms with E-state index in [-0.39, 0.29) is 18.1 Å². The number of hydrogen-bond donors (Lipinski definition) is 1. The fourth-order valence-corrected chi connectivity index (χ4v) is 1.20. The number of ketones is 1. The van der Waals surface area contributed by atoms with Gasteiger partial charge in [0.25, 0.3) is 0 Å². The smallest absolute Gasteiger partial charge is 0.233 e. The van der Waals surface area contributed by atoms with E-state index in [1.807, 2.05) is 0 Å². The molecule has 0 fully saturated rings. The summed E-state index contributed by atoms with van der Waals surface area (Å²) in [6.45, 7) is 3.42. The fourth-order valence-electron chi connectivity index (χ4n) is 1.20. The second-order valence-corrected chi connectivity index (χ2v) is 3.66. The second kappa shape index (κ2) is 8.15. The summed E-state index contributed by atoms with van der Waals surface area (Å²) in [7, 11) is 0. The minimum Gasteiger partial charge on any atom is -0.299 e. The van der Waals surface area contributed by atoms with Crippen molar-refractivity contribution < 1.29 is 14.4 Å². The van der Waals surface area contributed by atoms with E-state index in [9.17, 15) is 14.4 Å². The van der Waals surface area contributed by atoms with Crippen molar-refractivity contribution in [3.8, 4) is 0 Å². The molecule has 0 aliphatic carbocycles. The minimum atomic E-state index is -0.497. The first-order valence-corrected chi connectivity index (χ1v) is 5.38. The first-order valence-electron chi connectivity index (χ1n) is 5.38. The molecule has 15 heavy (non-hydrogen) atoms. The molecule has 0 bridgehead atoms. The first-order chi connectivity index (χ1) is 7.06. The molecule has 0 radical (unpaired) electrons. The summed E-state index contributed by atoms with van der Waals surface area (Å²) in [5.41, 5.74) is 0. The Morgan fingerprint density at radius 2 is 1.67 bits per heavy atom. The lowest BCUT2D eigenvalue weighted by Crippen LogP contribution is -2.31. The molecule has 0 aliphatic rings. The Hall–Kier alpha value is -1.19. The highest BCUT2D eigenvalue weighted by atomic mass is 16.2. The molecule has 0 aromatic heterocycles. The lowest BCUT2D eigenvalue weighted by atomic mass is 10.1. The van der Waals surface area contributed by atoms with Gasteiger partial charge in [0, 0.05) is 6.42 Å². The van der Waals surface area contributed by atoms with Crippen molar-refractivity contribution in [2.24, 2.45) is 0 Å². The van der Waals surface area contributed by atoms with Crippen LogP contribution in [0.25, 0.3) is 0 Å². The van der Waals surface area contributed by atoms with Gasteiger partial charge < -0.3 is 0 Å². The van der Waals surface area contributed by atoms with Crippen LogP contribution < -0.4 is 5.32 Å². The van der Waals surface area contributed by atoms with Crippen LogP contribution in [-0.4, -0.2) is 17.6 Å². The van der Waals surface area contributed by atoms with Crippen molar-refractivity contribution in [3.63, 3.8) is 0 Å². The van der Waals surface area contributed by atoms with Gasteiger partial charge in [0.2, 0.25) is 11.8 Å². The molecule has 0 aromatic rings. The third kappa shape index (κ3) is 9.12. The average molecular weight is 213 g/mol. The fraction of sp³-hybridized carbons (Fsp3) is 0.727. The maximum Gasteiger partial charge on any atom is 0.233 e. The Labute approximate surface area is 90.4 Å². The molecular weight excluding hydrogens is 194 g/mol. The van der Waals surface area contributed by atoms with Crippen LogP contribution in [0, 0.1) is 0 Å². The van der Waals surface area contributed by atoms with E-state index in [0.717, 1.165) is 25.7 Å². The van der Waals surface area contributed by atoms with E-state index in [2.05, 4.69) is 12.2 Å². The molecule has 0 spiro atoms. The lowest BCUT2D eigenvalue weighted by molar-refractivity contribution is -0.132. The number of nitrogens with one attached hydrogen (secondary N) is 1. The Balaban J connectivity index is 3.56. The monoisotopic (exact) mass is 213 g/mol. The Bertz CT molecular complexity index is 236. The molecule has 0 unspecified atom stereocenters. The zero-order valence-corrected chi connectivity index (χ0v) is 9.47. The van der Waals surface area contributed by atoms with Crippen LogP contribution in [0.4, 0.5) is 0 Å². The minimum absolute atomic E-state index is 0.208. The number of amides is 2. The molecule has 4 heteroatoms. The summed E-state index contributed by atoms with van der Waals surface area (Å²) in [5.74, 6) is -1.01. The number of hydrogen-bond acceptors (Lipinski definition) is 3. The van der Waals surface area contributed by atoms with E-state index in [1.165, 1.54) is 6.92 Å². The van der Waals surface area contributed by atoms with Crippen LogP contribution in [0.1, 0.15) is 52.4 Å². The van der Waals surface area contributed by atoms with Gasteiger partial charge in [-0.25, -0.2) is 0 Å². The highest BCUT2D eigenvalue weighted by molar-refractivity contribution is 6.03. The van der Waals surface area contributed by atoms with Crippen LogP contribution in [0.15, 0.2) is 0 Å². The van der Waals surface area contributed by atoms with E-state index in [1.54, 1.807) is 0 Å².